The Kier molecular flexibility index (Phi) is 5.82. The van der Waals surface area contributed by atoms with E-state index in [1.54, 1.807) is 0 Å². The molecule has 0 N–H and O–H groups in total. The predicted octanol–water partition coefficient (Wildman–Crippen LogP) is 5.35. The first-order valence-corrected chi connectivity index (χ1v) is 8.39. The molecule has 0 unspecified atom stereocenters. The average Bonchev–Trinajstić information content (AvgIpc) is 2.75. The maximum atomic E-state index is 12.7. The zero-order valence-corrected chi connectivity index (χ0v) is 13.1. The Morgan fingerprint density at radius 3 is 2.35 bits per heavy atom. The van der Waals surface area contributed by atoms with E-state index in [-0.39, 0.29) is 0 Å². The van der Waals surface area contributed by atoms with Gasteiger partial charge in [-0.15, -0.1) is 0 Å². The summed E-state index contributed by atoms with van der Waals surface area (Å²) in [4.78, 5) is 12.7. The molecule has 0 spiro atoms. The molecule has 1 aromatic carbocycles. The lowest BCUT2D eigenvalue weighted by molar-refractivity contribution is 0.0956. The molecule has 2 rings (SSSR count). The second-order valence-corrected chi connectivity index (χ2v) is 6.18. The van der Waals surface area contributed by atoms with Crippen LogP contribution in [0.1, 0.15) is 80.3 Å². The van der Waals surface area contributed by atoms with Crippen molar-refractivity contribution < 1.29 is 4.79 Å². The molecule has 1 nitrogen and oxygen atoms in total. The van der Waals surface area contributed by atoms with Crippen LogP contribution in [0.2, 0.25) is 0 Å². The maximum absolute atomic E-state index is 12.7. The van der Waals surface area contributed by atoms with Crippen molar-refractivity contribution in [2.24, 2.45) is 5.92 Å². The van der Waals surface area contributed by atoms with Crippen molar-refractivity contribution in [2.75, 3.05) is 0 Å². The van der Waals surface area contributed by atoms with E-state index < -0.39 is 0 Å². The summed E-state index contributed by atoms with van der Waals surface area (Å²) in [7, 11) is 0. The number of rotatable bonds is 5. The molecule has 1 fully saturated rings. The van der Waals surface area contributed by atoms with Gasteiger partial charge >= 0.3 is 0 Å². The van der Waals surface area contributed by atoms with Crippen molar-refractivity contribution in [3.8, 4) is 0 Å². The van der Waals surface area contributed by atoms with Crippen molar-refractivity contribution in [3.05, 3.63) is 34.9 Å². The van der Waals surface area contributed by atoms with E-state index in [2.05, 4.69) is 32.0 Å². The third-order valence-electron chi connectivity index (χ3n) is 4.71. The van der Waals surface area contributed by atoms with Gasteiger partial charge in [-0.2, -0.15) is 0 Å². The molecule has 0 bridgehead atoms. The van der Waals surface area contributed by atoms with E-state index in [4.69, 9.17) is 0 Å². The average molecular weight is 272 g/mol. The topological polar surface area (TPSA) is 17.1 Å². The molecule has 1 saturated carbocycles. The minimum Gasteiger partial charge on any atom is -0.294 e. The molecule has 20 heavy (non-hydrogen) atoms. The van der Waals surface area contributed by atoms with Crippen LogP contribution in [0, 0.1) is 5.92 Å². The fourth-order valence-electron chi connectivity index (χ4n) is 3.35. The Morgan fingerprint density at radius 1 is 1.05 bits per heavy atom. The van der Waals surface area contributed by atoms with E-state index >= 15 is 0 Å². The quantitative estimate of drug-likeness (QED) is 0.521. The summed E-state index contributed by atoms with van der Waals surface area (Å²) in [6, 6.07) is 6.46. The summed E-state index contributed by atoms with van der Waals surface area (Å²) >= 11 is 0. The van der Waals surface area contributed by atoms with E-state index in [9.17, 15) is 4.79 Å². The Morgan fingerprint density at radius 2 is 1.75 bits per heavy atom. The second kappa shape index (κ2) is 7.61. The summed E-state index contributed by atoms with van der Waals surface area (Å²) in [5, 5.41) is 0. The number of carbonyl (C=O) groups excluding carboxylic acids is 1. The van der Waals surface area contributed by atoms with Crippen molar-refractivity contribution in [1.82, 2.24) is 0 Å². The molecule has 1 aromatic rings. The SMILES string of the molecule is CCc1ccc(CC)c(C(=O)CC2CCCCCC2)c1. The van der Waals surface area contributed by atoms with Gasteiger partial charge in [-0.05, 0) is 36.0 Å². The molecule has 0 radical (unpaired) electrons. The Labute approximate surface area is 123 Å². The van der Waals surface area contributed by atoms with Crippen molar-refractivity contribution >= 4 is 5.78 Å². The molecule has 0 amide bonds. The molecular formula is C19H28O. The van der Waals surface area contributed by atoms with Gasteiger partial charge in [-0.25, -0.2) is 0 Å². The number of carbonyl (C=O) groups is 1. The van der Waals surface area contributed by atoms with Crippen LogP contribution in [0.4, 0.5) is 0 Å². The molecule has 0 saturated heterocycles. The highest BCUT2D eigenvalue weighted by Gasteiger charge is 2.19. The van der Waals surface area contributed by atoms with Crippen LogP contribution < -0.4 is 0 Å². The highest BCUT2D eigenvalue weighted by Crippen LogP contribution is 2.27. The van der Waals surface area contributed by atoms with Gasteiger partial charge in [0.25, 0.3) is 0 Å². The number of benzene rings is 1. The Bertz CT molecular complexity index is 439. The fraction of sp³-hybridized carbons (Fsp3) is 0.632. The first kappa shape index (κ1) is 15.3. The Hall–Kier alpha value is -1.11. The number of aryl methyl sites for hydroxylation is 2. The number of hydrogen-bond acceptors (Lipinski definition) is 1. The van der Waals surface area contributed by atoms with Crippen LogP contribution in [0.3, 0.4) is 0 Å². The van der Waals surface area contributed by atoms with Gasteiger partial charge in [0.15, 0.2) is 5.78 Å². The number of Topliss-reactive ketones (excluding diaryl/α,β-unsaturated/α-hetero) is 1. The third-order valence-corrected chi connectivity index (χ3v) is 4.71. The molecule has 110 valence electrons. The van der Waals surface area contributed by atoms with Crippen LogP contribution in [0.15, 0.2) is 18.2 Å². The van der Waals surface area contributed by atoms with Crippen molar-refractivity contribution in [1.29, 1.82) is 0 Å². The van der Waals surface area contributed by atoms with E-state index in [1.165, 1.54) is 49.7 Å². The van der Waals surface area contributed by atoms with Crippen LogP contribution in [0.5, 0.6) is 0 Å². The standard InChI is InChI=1S/C19H28O/c1-3-15-11-12-17(4-2)18(13-15)19(20)14-16-9-7-5-6-8-10-16/h11-13,16H,3-10,14H2,1-2H3. The van der Waals surface area contributed by atoms with E-state index in [0.29, 0.717) is 11.7 Å². The van der Waals surface area contributed by atoms with Gasteiger partial charge in [-0.1, -0.05) is 64.5 Å². The van der Waals surface area contributed by atoms with Crippen molar-refractivity contribution in [3.63, 3.8) is 0 Å². The maximum Gasteiger partial charge on any atom is 0.163 e. The van der Waals surface area contributed by atoms with E-state index in [0.717, 1.165) is 24.8 Å². The van der Waals surface area contributed by atoms with Gasteiger partial charge < -0.3 is 0 Å². The smallest absolute Gasteiger partial charge is 0.163 e. The highest BCUT2D eigenvalue weighted by molar-refractivity contribution is 5.97. The number of ketones is 1. The second-order valence-electron chi connectivity index (χ2n) is 6.18. The monoisotopic (exact) mass is 272 g/mol. The highest BCUT2D eigenvalue weighted by atomic mass is 16.1. The fourth-order valence-corrected chi connectivity index (χ4v) is 3.35. The number of hydrogen-bond donors (Lipinski definition) is 0. The molecule has 1 aliphatic carbocycles. The molecule has 0 atom stereocenters. The molecule has 0 aliphatic heterocycles. The van der Waals surface area contributed by atoms with Crippen LogP contribution >= 0.6 is 0 Å². The van der Waals surface area contributed by atoms with Crippen LogP contribution in [-0.4, -0.2) is 5.78 Å². The molecular weight excluding hydrogens is 244 g/mol. The molecule has 0 aromatic heterocycles. The van der Waals surface area contributed by atoms with Gasteiger partial charge in [0.05, 0.1) is 0 Å². The third kappa shape index (κ3) is 3.94. The molecule has 1 heteroatoms. The lowest BCUT2D eigenvalue weighted by Gasteiger charge is -2.15. The van der Waals surface area contributed by atoms with E-state index in [1.807, 2.05) is 0 Å². The zero-order valence-electron chi connectivity index (χ0n) is 13.1. The van der Waals surface area contributed by atoms with Gasteiger partial charge in [0, 0.05) is 12.0 Å². The van der Waals surface area contributed by atoms with Crippen LogP contribution in [0.25, 0.3) is 0 Å². The summed E-state index contributed by atoms with van der Waals surface area (Å²) in [6.45, 7) is 4.30. The van der Waals surface area contributed by atoms with Gasteiger partial charge in [0.1, 0.15) is 0 Å². The van der Waals surface area contributed by atoms with Crippen molar-refractivity contribution in [2.45, 2.75) is 71.6 Å². The predicted molar refractivity (Wildman–Crippen MR) is 85.3 cm³/mol. The molecule has 0 heterocycles. The minimum atomic E-state index is 0.379. The van der Waals surface area contributed by atoms with Gasteiger partial charge in [0.2, 0.25) is 0 Å². The zero-order chi connectivity index (χ0) is 14.4. The normalized spacial score (nSPS) is 16.9. The largest absolute Gasteiger partial charge is 0.294 e. The first-order valence-electron chi connectivity index (χ1n) is 8.39. The summed E-state index contributed by atoms with van der Waals surface area (Å²) in [5.41, 5.74) is 3.50. The lowest BCUT2D eigenvalue weighted by Crippen LogP contribution is -2.11. The van der Waals surface area contributed by atoms with Gasteiger partial charge in [-0.3, -0.25) is 4.79 Å². The lowest BCUT2D eigenvalue weighted by atomic mass is 9.89. The molecule has 1 aliphatic rings. The first-order chi connectivity index (χ1) is 9.74. The summed E-state index contributed by atoms with van der Waals surface area (Å²) in [6.07, 6.45) is 10.6. The van der Waals surface area contributed by atoms with Crippen LogP contribution in [-0.2, 0) is 12.8 Å². The summed E-state index contributed by atoms with van der Waals surface area (Å²) in [5.74, 6) is 1.00. The minimum absolute atomic E-state index is 0.379. The Balaban J connectivity index is 2.10. The summed E-state index contributed by atoms with van der Waals surface area (Å²) < 4.78 is 0.